The zero-order chi connectivity index (χ0) is 17.9. The van der Waals surface area contributed by atoms with Crippen molar-refractivity contribution in [2.75, 3.05) is 26.7 Å². The van der Waals surface area contributed by atoms with Crippen molar-refractivity contribution in [3.8, 4) is 0 Å². The molecule has 24 heavy (non-hydrogen) atoms. The number of rotatable bonds is 4. The van der Waals surface area contributed by atoms with Crippen molar-refractivity contribution in [3.05, 3.63) is 34.3 Å². The molecule has 0 bridgehead atoms. The summed E-state index contributed by atoms with van der Waals surface area (Å²) in [5.74, 6) is -1.93. The zero-order valence-electron chi connectivity index (χ0n) is 13.8. The number of piperidine rings is 1. The molecule has 0 spiro atoms. The number of hydrogen-bond donors (Lipinski definition) is 1. The van der Waals surface area contributed by atoms with Crippen LogP contribution in [0.5, 0.6) is 0 Å². The molecule has 1 fully saturated rings. The van der Waals surface area contributed by atoms with Crippen LogP contribution in [-0.4, -0.2) is 59.4 Å². The number of halogens is 1. The number of benzene rings is 1. The molecule has 2 amide bonds. The molecular weight excluding hydrogens is 332 g/mol. The van der Waals surface area contributed by atoms with Crippen LogP contribution < -0.4 is 0 Å². The van der Waals surface area contributed by atoms with E-state index in [2.05, 4.69) is 0 Å². The minimum atomic E-state index is -0.883. The monoisotopic (exact) mass is 352 g/mol. The highest BCUT2D eigenvalue weighted by Gasteiger charge is 2.29. The molecule has 1 unspecified atom stereocenters. The Balaban J connectivity index is 2.02. The van der Waals surface area contributed by atoms with E-state index in [1.165, 1.54) is 9.80 Å². The van der Waals surface area contributed by atoms with E-state index in [4.69, 9.17) is 16.7 Å². The fourth-order valence-corrected chi connectivity index (χ4v) is 3.00. The lowest BCUT2D eigenvalue weighted by atomic mass is 9.98. The minimum absolute atomic E-state index is 0.0862. The topological polar surface area (TPSA) is 77.9 Å². The Hall–Kier alpha value is -2.08. The van der Waals surface area contributed by atoms with Crippen LogP contribution in [0.25, 0.3) is 0 Å². The van der Waals surface area contributed by atoms with Gasteiger partial charge in [-0.1, -0.05) is 17.7 Å². The molecule has 1 saturated heterocycles. The van der Waals surface area contributed by atoms with Crippen LogP contribution in [0, 0.1) is 12.8 Å². The van der Waals surface area contributed by atoms with Crippen LogP contribution in [0.2, 0.25) is 5.02 Å². The first kappa shape index (κ1) is 18.3. The maximum Gasteiger partial charge on any atom is 0.308 e. The average Bonchev–Trinajstić information content (AvgIpc) is 2.56. The molecule has 0 radical (unpaired) electrons. The number of amides is 2. The summed E-state index contributed by atoms with van der Waals surface area (Å²) in [5, 5.41) is 9.60. The molecule has 7 heteroatoms. The molecule has 1 aliphatic rings. The van der Waals surface area contributed by atoms with Crippen LogP contribution in [0.4, 0.5) is 0 Å². The molecule has 1 aromatic rings. The fraction of sp³-hybridized carbons (Fsp3) is 0.471. The largest absolute Gasteiger partial charge is 0.481 e. The number of carbonyl (C=O) groups excluding carboxylic acids is 2. The lowest BCUT2D eigenvalue weighted by molar-refractivity contribution is -0.145. The van der Waals surface area contributed by atoms with Crippen molar-refractivity contribution < 1.29 is 19.5 Å². The van der Waals surface area contributed by atoms with E-state index in [1.54, 1.807) is 32.2 Å². The molecule has 1 atom stereocenters. The second-order valence-electron chi connectivity index (χ2n) is 6.09. The number of aliphatic carboxylic acids is 1. The van der Waals surface area contributed by atoms with E-state index < -0.39 is 11.9 Å². The minimum Gasteiger partial charge on any atom is -0.481 e. The van der Waals surface area contributed by atoms with Crippen LogP contribution in [0.1, 0.15) is 28.8 Å². The molecule has 1 heterocycles. The first-order chi connectivity index (χ1) is 11.3. The van der Waals surface area contributed by atoms with Gasteiger partial charge < -0.3 is 14.9 Å². The molecule has 1 aliphatic heterocycles. The van der Waals surface area contributed by atoms with Gasteiger partial charge in [-0.2, -0.15) is 0 Å². The molecule has 0 aliphatic carbocycles. The molecule has 1 N–H and O–H groups in total. The first-order valence-corrected chi connectivity index (χ1v) is 8.20. The number of carboxylic acid groups (broad SMARTS) is 1. The Kier molecular flexibility index (Phi) is 5.83. The van der Waals surface area contributed by atoms with E-state index in [1.807, 2.05) is 0 Å². The molecule has 1 aromatic carbocycles. The number of likely N-dealkylation sites (N-methyl/N-ethyl adjacent to an activating group) is 1. The first-order valence-electron chi connectivity index (χ1n) is 7.82. The highest BCUT2D eigenvalue weighted by molar-refractivity contribution is 6.31. The summed E-state index contributed by atoms with van der Waals surface area (Å²) in [6.07, 6.45) is 1.24. The number of likely N-dealkylation sites (tertiary alicyclic amines) is 1. The second kappa shape index (κ2) is 7.66. The van der Waals surface area contributed by atoms with Crippen molar-refractivity contribution in [2.24, 2.45) is 5.92 Å². The Labute approximate surface area is 146 Å². The lowest BCUT2D eigenvalue weighted by Gasteiger charge is -2.32. The van der Waals surface area contributed by atoms with Crippen molar-refractivity contribution >= 4 is 29.4 Å². The van der Waals surface area contributed by atoms with Gasteiger partial charge in [-0.15, -0.1) is 0 Å². The van der Waals surface area contributed by atoms with Gasteiger partial charge in [0.25, 0.3) is 5.91 Å². The number of carbonyl (C=O) groups is 3. The summed E-state index contributed by atoms with van der Waals surface area (Å²) in [6, 6.07) is 5.07. The van der Waals surface area contributed by atoms with Crippen LogP contribution in [0.3, 0.4) is 0 Å². The highest BCUT2D eigenvalue weighted by atomic mass is 35.5. The van der Waals surface area contributed by atoms with Crippen molar-refractivity contribution in [1.82, 2.24) is 9.80 Å². The summed E-state index contributed by atoms with van der Waals surface area (Å²) < 4.78 is 0. The second-order valence-corrected chi connectivity index (χ2v) is 6.50. The normalized spacial score (nSPS) is 17.5. The highest BCUT2D eigenvalue weighted by Crippen LogP contribution is 2.20. The van der Waals surface area contributed by atoms with E-state index in [9.17, 15) is 14.4 Å². The van der Waals surface area contributed by atoms with E-state index in [0.29, 0.717) is 35.5 Å². The van der Waals surface area contributed by atoms with Crippen molar-refractivity contribution in [1.29, 1.82) is 0 Å². The maximum atomic E-state index is 12.5. The van der Waals surface area contributed by atoms with Gasteiger partial charge in [-0.05, 0) is 37.5 Å². The van der Waals surface area contributed by atoms with Gasteiger partial charge in [0.15, 0.2) is 0 Å². The summed E-state index contributed by atoms with van der Waals surface area (Å²) >= 11 is 6.03. The lowest BCUT2D eigenvalue weighted by Crippen LogP contribution is -2.47. The summed E-state index contributed by atoms with van der Waals surface area (Å²) in [5.41, 5.74) is 1.13. The van der Waals surface area contributed by atoms with Crippen molar-refractivity contribution in [2.45, 2.75) is 19.8 Å². The van der Waals surface area contributed by atoms with Crippen LogP contribution in [-0.2, 0) is 9.59 Å². The third kappa shape index (κ3) is 4.06. The molecule has 0 saturated carbocycles. The van der Waals surface area contributed by atoms with Crippen LogP contribution in [0.15, 0.2) is 18.2 Å². The van der Waals surface area contributed by atoms with E-state index in [-0.39, 0.29) is 24.9 Å². The Morgan fingerprint density at radius 3 is 2.75 bits per heavy atom. The number of hydrogen-bond acceptors (Lipinski definition) is 3. The third-order valence-corrected chi connectivity index (χ3v) is 4.75. The van der Waals surface area contributed by atoms with Gasteiger partial charge >= 0.3 is 5.97 Å². The molecular formula is C17H21ClN2O4. The predicted molar refractivity (Wildman–Crippen MR) is 90.1 cm³/mol. The smallest absolute Gasteiger partial charge is 0.308 e. The standard InChI is InChI=1S/C17H21ClN2O4/c1-11-13(6-3-7-14(11)18)16(22)19(2)10-15(21)20-8-4-5-12(9-20)17(23)24/h3,6-7,12H,4-5,8-10H2,1-2H3,(H,23,24). The molecule has 0 aromatic heterocycles. The maximum absolute atomic E-state index is 12.5. The van der Waals surface area contributed by atoms with Crippen LogP contribution >= 0.6 is 11.6 Å². The Morgan fingerprint density at radius 2 is 2.08 bits per heavy atom. The summed E-state index contributed by atoms with van der Waals surface area (Å²) in [7, 11) is 1.55. The van der Waals surface area contributed by atoms with Gasteiger partial charge in [0.05, 0.1) is 12.5 Å². The van der Waals surface area contributed by atoms with Gasteiger partial charge in [0.2, 0.25) is 5.91 Å². The SMILES string of the molecule is Cc1c(Cl)cccc1C(=O)N(C)CC(=O)N1CCCC(C(=O)O)C1. The molecule has 2 rings (SSSR count). The zero-order valence-corrected chi connectivity index (χ0v) is 14.5. The van der Waals surface area contributed by atoms with Gasteiger partial charge in [-0.3, -0.25) is 14.4 Å². The third-order valence-electron chi connectivity index (χ3n) is 4.34. The van der Waals surface area contributed by atoms with Crippen molar-refractivity contribution in [3.63, 3.8) is 0 Å². The van der Waals surface area contributed by atoms with E-state index in [0.717, 1.165) is 0 Å². The average molecular weight is 353 g/mol. The summed E-state index contributed by atoms with van der Waals surface area (Å²) in [6.45, 7) is 2.40. The van der Waals surface area contributed by atoms with Gasteiger partial charge in [0, 0.05) is 30.7 Å². The summed E-state index contributed by atoms with van der Waals surface area (Å²) in [4.78, 5) is 38.8. The molecule has 130 valence electrons. The quantitative estimate of drug-likeness (QED) is 0.899. The van der Waals surface area contributed by atoms with E-state index >= 15 is 0 Å². The Morgan fingerprint density at radius 1 is 1.38 bits per heavy atom. The fourth-order valence-electron chi connectivity index (χ4n) is 2.82. The predicted octanol–water partition coefficient (Wildman–Crippen LogP) is 2.04. The number of nitrogens with zero attached hydrogens (tertiary/aromatic N) is 2. The van der Waals surface area contributed by atoms with Gasteiger partial charge in [-0.25, -0.2) is 0 Å². The Bertz CT molecular complexity index is 662. The molecule has 6 nitrogen and oxygen atoms in total. The van der Waals surface area contributed by atoms with Gasteiger partial charge in [0.1, 0.15) is 0 Å². The number of carboxylic acids is 1.